The van der Waals surface area contributed by atoms with Crippen molar-refractivity contribution >= 4 is 11.8 Å². The topological polar surface area (TPSA) is 82.5 Å². The number of pyridine rings is 1. The lowest BCUT2D eigenvalue weighted by Gasteiger charge is -2.41. The molecule has 6 heteroatoms. The summed E-state index contributed by atoms with van der Waals surface area (Å²) in [6, 6.07) is 13.2. The molecule has 28 heavy (non-hydrogen) atoms. The van der Waals surface area contributed by atoms with Gasteiger partial charge in [0.2, 0.25) is 11.8 Å². The molecule has 1 aliphatic rings. The largest absolute Gasteiger partial charge is 0.387 e. The van der Waals surface area contributed by atoms with E-state index < -0.39 is 11.5 Å². The summed E-state index contributed by atoms with van der Waals surface area (Å²) in [5, 5.41) is 13.3. The zero-order chi connectivity index (χ0) is 20.0. The van der Waals surface area contributed by atoms with Crippen LogP contribution in [0, 0.1) is 0 Å². The zero-order valence-corrected chi connectivity index (χ0v) is 15.8. The number of piperidine rings is 1. The molecule has 2 N–H and O–H groups in total. The molecule has 1 aromatic heterocycles. The minimum Gasteiger partial charge on any atom is -0.387 e. The molecular formula is C22H25N3O3. The van der Waals surface area contributed by atoms with Gasteiger partial charge in [-0.05, 0) is 30.5 Å². The Morgan fingerprint density at radius 1 is 1.21 bits per heavy atom. The average molecular weight is 379 g/mol. The van der Waals surface area contributed by atoms with Gasteiger partial charge in [0, 0.05) is 37.6 Å². The Hall–Kier alpha value is -2.99. The van der Waals surface area contributed by atoms with Gasteiger partial charge in [0.15, 0.2) is 0 Å². The van der Waals surface area contributed by atoms with Crippen LogP contribution in [0.25, 0.3) is 0 Å². The van der Waals surface area contributed by atoms with Crippen molar-refractivity contribution in [3.8, 4) is 0 Å². The van der Waals surface area contributed by atoms with E-state index in [1.165, 1.54) is 6.08 Å². The maximum atomic E-state index is 13.2. The summed E-state index contributed by atoms with van der Waals surface area (Å²) in [6.07, 6.45) is 4.74. The van der Waals surface area contributed by atoms with Crippen molar-refractivity contribution < 1.29 is 14.7 Å². The number of rotatable bonds is 6. The number of nitrogens with one attached hydrogen (secondary N) is 1. The van der Waals surface area contributed by atoms with Crippen LogP contribution < -0.4 is 5.32 Å². The molecular weight excluding hydrogens is 354 g/mol. The Bertz CT molecular complexity index is 815. The minimum absolute atomic E-state index is 0.106. The first-order chi connectivity index (χ1) is 13.6. The van der Waals surface area contributed by atoms with E-state index in [0.717, 1.165) is 5.56 Å². The highest BCUT2D eigenvalue weighted by molar-refractivity contribution is 5.90. The molecule has 1 aromatic carbocycles. The molecule has 0 saturated carbocycles. The molecule has 2 aromatic rings. The van der Waals surface area contributed by atoms with Crippen LogP contribution in [0.15, 0.2) is 67.5 Å². The number of carbonyl (C=O) groups is 2. The summed E-state index contributed by atoms with van der Waals surface area (Å²) < 4.78 is 0. The van der Waals surface area contributed by atoms with E-state index in [1.807, 2.05) is 30.3 Å². The Morgan fingerprint density at radius 3 is 2.54 bits per heavy atom. The molecule has 3 rings (SSSR count). The highest BCUT2D eigenvalue weighted by atomic mass is 16.3. The van der Waals surface area contributed by atoms with Gasteiger partial charge in [-0.1, -0.05) is 43.0 Å². The second kappa shape index (κ2) is 8.80. The highest BCUT2D eigenvalue weighted by Crippen LogP contribution is 2.36. The molecule has 2 heterocycles. The number of aliphatic hydroxyl groups excluding tert-OH is 1. The molecule has 0 spiro atoms. The first kappa shape index (κ1) is 19.8. The molecule has 2 amide bonds. The first-order valence-electron chi connectivity index (χ1n) is 9.40. The van der Waals surface area contributed by atoms with Gasteiger partial charge < -0.3 is 15.3 Å². The van der Waals surface area contributed by atoms with Gasteiger partial charge in [-0.3, -0.25) is 14.6 Å². The Morgan fingerprint density at radius 2 is 1.93 bits per heavy atom. The lowest BCUT2D eigenvalue weighted by molar-refractivity contribution is -0.134. The second-order valence-electron chi connectivity index (χ2n) is 6.99. The van der Waals surface area contributed by atoms with E-state index in [9.17, 15) is 14.7 Å². The van der Waals surface area contributed by atoms with Crippen LogP contribution in [0.4, 0.5) is 0 Å². The molecule has 0 aliphatic carbocycles. The summed E-state index contributed by atoms with van der Waals surface area (Å²) in [6.45, 7) is 4.61. The molecule has 0 bridgehead atoms. The van der Waals surface area contributed by atoms with Crippen LogP contribution in [0.5, 0.6) is 0 Å². The van der Waals surface area contributed by atoms with Crippen LogP contribution in [0.2, 0.25) is 0 Å². The summed E-state index contributed by atoms with van der Waals surface area (Å²) in [5.74, 6) is -0.249. The van der Waals surface area contributed by atoms with Gasteiger partial charge in [0.05, 0.1) is 11.5 Å². The van der Waals surface area contributed by atoms with Gasteiger partial charge in [-0.25, -0.2) is 0 Å². The van der Waals surface area contributed by atoms with Gasteiger partial charge in [-0.15, -0.1) is 0 Å². The van der Waals surface area contributed by atoms with E-state index in [2.05, 4.69) is 16.9 Å². The Labute approximate surface area is 164 Å². The third-order valence-corrected chi connectivity index (χ3v) is 5.39. The van der Waals surface area contributed by atoms with Gasteiger partial charge in [0.1, 0.15) is 0 Å². The van der Waals surface area contributed by atoms with Crippen LogP contribution >= 0.6 is 0 Å². The summed E-state index contributed by atoms with van der Waals surface area (Å²) in [5.41, 5.74) is 0.852. The number of aliphatic hydroxyl groups is 1. The number of likely N-dealkylation sites (tertiary alicyclic amines) is 1. The number of hydrogen-bond acceptors (Lipinski definition) is 4. The van der Waals surface area contributed by atoms with Crippen molar-refractivity contribution in [1.82, 2.24) is 15.2 Å². The van der Waals surface area contributed by atoms with E-state index in [4.69, 9.17) is 0 Å². The molecule has 1 fully saturated rings. The van der Waals surface area contributed by atoms with Crippen LogP contribution in [-0.2, 0) is 15.0 Å². The third kappa shape index (κ3) is 4.12. The molecule has 6 nitrogen and oxygen atoms in total. The predicted molar refractivity (Wildman–Crippen MR) is 106 cm³/mol. The number of nitrogens with zero attached hydrogens (tertiary/aromatic N) is 2. The number of amides is 2. The standard InChI is InChI=1S/C22H25N3O3/c1-2-20(27)25-13-10-22(11-14-25,18-8-4-3-5-9-18)21(28)24-16-19(26)17-7-6-12-23-15-17/h2-9,12,15,19,26H,1,10-11,13-14,16H2,(H,24,28). The summed E-state index contributed by atoms with van der Waals surface area (Å²) in [4.78, 5) is 30.9. The molecule has 0 radical (unpaired) electrons. The number of carbonyl (C=O) groups excluding carboxylic acids is 2. The van der Waals surface area contributed by atoms with E-state index in [1.54, 1.807) is 29.4 Å². The van der Waals surface area contributed by atoms with E-state index >= 15 is 0 Å². The molecule has 1 aliphatic heterocycles. The zero-order valence-electron chi connectivity index (χ0n) is 15.8. The number of hydrogen-bond donors (Lipinski definition) is 2. The first-order valence-corrected chi connectivity index (χ1v) is 9.40. The quantitative estimate of drug-likeness (QED) is 0.752. The van der Waals surface area contributed by atoms with Crippen molar-refractivity contribution in [2.45, 2.75) is 24.4 Å². The van der Waals surface area contributed by atoms with Gasteiger partial charge in [-0.2, -0.15) is 0 Å². The number of benzene rings is 1. The molecule has 1 saturated heterocycles. The van der Waals surface area contributed by atoms with Crippen molar-refractivity contribution in [2.24, 2.45) is 0 Å². The van der Waals surface area contributed by atoms with Crippen LogP contribution in [0.1, 0.15) is 30.1 Å². The van der Waals surface area contributed by atoms with Crippen molar-refractivity contribution in [3.05, 3.63) is 78.6 Å². The number of aromatic nitrogens is 1. The van der Waals surface area contributed by atoms with E-state index in [-0.39, 0.29) is 18.4 Å². The molecule has 1 unspecified atom stereocenters. The van der Waals surface area contributed by atoms with E-state index in [0.29, 0.717) is 31.5 Å². The Balaban J connectivity index is 1.75. The highest BCUT2D eigenvalue weighted by Gasteiger charge is 2.43. The van der Waals surface area contributed by atoms with Crippen molar-refractivity contribution in [2.75, 3.05) is 19.6 Å². The lowest BCUT2D eigenvalue weighted by Crippen LogP contribution is -2.53. The van der Waals surface area contributed by atoms with Gasteiger partial charge >= 0.3 is 0 Å². The van der Waals surface area contributed by atoms with Crippen molar-refractivity contribution in [3.63, 3.8) is 0 Å². The monoisotopic (exact) mass is 379 g/mol. The normalized spacial score (nSPS) is 16.8. The smallest absolute Gasteiger partial charge is 0.245 e. The predicted octanol–water partition coefficient (Wildman–Crippen LogP) is 1.98. The molecule has 146 valence electrons. The maximum Gasteiger partial charge on any atom is 0.245 e. The fraction of sp³-hybridized carbons (Fsp3) is 0.318. The lowest BCUT2D eigenvalue weighted by atomic mass is 9.72. The molecule has 1 atom stereocenters. The van der Waals surface area contributed by atoms with Gasteiger partial charge in [0.25, 0.3) is 0 Å². The minimum atomic E-state index is -0.826. The maximum absolute atomic E-state index is 13.2. The summed E-state index contributed by atoms with van der Waals surface area (Å²) >= 11 is 0. The second-order valence-corrected chi connectivity index (χ2v) is 6.99. The fourth-order valence-corrected chi connectivity index (χ4v) is 3.69. The van der Waals surface area contributed by atoms with Crippen molar-refractivity contribution in [1.29, 1.82) is 0 Å². The third-order valence-electron chi connectivity index (χ3n) is 5.39. The Kier molecular flexibility index (Phi) is 6.21. The SMILES string of the molecule is C=CC(=O)N1CCC(C(=O)NCC(O)c2cccnc2)(c2ccccc2)CC1. The fourth-order valence-electron chi connectivity index (χ4n) is 3.69. The summed E-state index contributed by atoms with van der Waals surface area (Å²) in [7, 11) is 0. The van der Waals surface area contributed by atoms with Crippen LogP contribution in [-0.4, -0.2) is 46.4 Å². The van der Waals surface area contributed by atoms with Crippen LogP contribution in [0.3, 0.4) is 0 Å². The average Bonchev–Trinajstić information content (AvgIpc) is 2.77.